The minimum atomic E-state index is -0.301. The van der Waals surface area contributed by atoms with E-state index in [1.54, 1.807) is 18.2 Å². The maximum absolute atomic E-state index is 12.2. The molecule has 0 saturated carbocycles. The quantitative estimate of drug-likeness (QED) is 0.355. The molecule has 2 heterocycles. The standard InChI is InChI=1S/C21H30N6O3/c1-3-22-21(24-9-8-23-20(29)18-6-4-5-7-19(18)28)27-12-10-26(11-13-27)15-17-14-16(2)30-25-17/h4-7,14,28H,3,8-13,15H2,1-2H3,(H,22,24)(H,23,29). The first kappa shape index (κ1) is 21.6. The number of aliphatic imine (C=N–C) groups is 1. The van der Waals surface area contributed by atoms with Gasteiger partial charge < -0.3 is 25.2 Å². The van der Waals surface area contributed by atoms with E-state index < -0.39 is 0 Å². The molecular formula is C21H30N6O3. The molecular weight excluding hydrogens is 384 g/mol. The molecule has 0 bridgehead atoms. The molecule has 0 atom stereocenters. The van der Waals surface area contributed by atoms with E-state index >= 15 is 0 Å². The number of phenolic OH excluding ortho intramolecular Hbond substituents is 1. The molecule has 1 aromatic heterocycles. The number of nitrogens with one attached hydrogen (secondary N) is 2. The molecule has 0 aliphatic carbocycles. The van der Waals surface area contributed by atoms with Gasteiger partial charge in [0.15, 0.2) is 5.96 Å². The van der Waals surface area contributed by atoms with Crippen molar-refractivity contribution >= 4 is 11.9 Å². The van der Waals surface area contributed by atoms with E-state index in [4.69, 9.17) is 4.52 Å². The number of aryl methyl sites for hydroxylation is 1. The molecule has 30 heavy (non-hydrogen) atoms. The van der Waals surface area contributed by atoms with Gasteiger partial charge in [-0.1, -0.05) is 17.3 Å². The zero-order chi connectivity index (χ0) is 21.3. The van der Waals surface area contributed by atoms with Crippen LogP contribution in [0.4, 0.5) is 0 Å². The Balaban J connectivity index is 1.46. The molecule has 2 aromatic rings. The van der Waals surface area contributed by atoms with Crippen molar-refractivity contribution in [2.45, 2.75) is 20.4 Å². The van der Waals surface area contributed by atoms with Crippen LogP contribution in [0, 0.1) is 6.92 Å². The highest BCUT2D eigenvalue weighted by Crippen LogP contribution is 2.14. The van der Waals surface area contributed by atoms with E-state index in [0.717, 1.165) is 56.7 Å². The van der Waals surface area contributed by atoms with Crippen LogP contribution in [0.25, 0.3) is 0 Å². The van der Waals surface area contributed by atoms with E-state index in [2.05, 4.69) is 30.6 Å². The van der Waals surface area contributed by atoms with E-state index in [1.807, 2.05) is 19.9 Å². The Morgan fingerprint density at radius 3 is 2.67 bits per heavy atom. The van der Waals surface area contributed by atoms with Crippen LogP contribution < -0.4 is 10.6 Å². The van der Waals surface area contributed by atoms with Crippen molar-refractivity contribution in [3.8, 4) is 5.75 Å². The van der Waals surface area contributed by atoms with Crippen LogP contribution in [0.5, 0.6) is 5.75 Å². The van der Waals surface area contributed by atoms with Crippen molar-refractivity contribution in [1.82, 2.24) is 25.6 Å². The lowest BCUT2D eigenvalue weighted by molar-refractivity contribution is 0.0952. The molecule has 0 radical (unpaired) electrons. The van der Waals surface area contributed by atoms with Gasteiger partial charge in [0.1, 0.15) is 11.5 Å². The normalized spacial score (nSPS) is 15.3. The van der Waals surface area contributed by atoms with Crippen molar-refractivity contribution in [2.75, 3.05) is 45.8 Å². The number of hydrogen-bond acceptors (Lipinski definition) is 6. The van der Waals surface area contributed by atoms with Crippen LogP contribution in [-0.2, 0) is 6.54 Å². The second kappa shape index (κ2) is 10.6. The summed E-state index contributed by atoms with van der Waals surface area (Å²) < 4.78 is 5.14. The average molecular weight is 415 g/mol. The summed E-state index contributed by atoms with van der Waals surface area (Å²) in [6, 6.07) is 8.48. The van der Waals surface area contributed by atoms with Gasteiger partial charge in [-0.2, -0.15) is 0 Å². The number of para-hydroxylation sites is 1. The fourth-order valence-corrected chi connectivity index (χ4v) is 3.36. The first-order chi connectivity index (χ1) is 14.6. The van der Waals surface area contributed by atoms with Gasteiger partial charge in [-0.25, -0.2) is 0 Å². The summed E-state index contributed by atoms with van der Waals surface area (Å²) >= 11 is 0. The van der Waals surface area contributed by atoms with E-state index in [-0.39, 0.29) is 17.2 Å². The number of carbonyl (C=O) groups is 1. The SMILES string of the molecule is CCNC(=NCCNC(=O)c1ccccc1O)N1CCN(Cc2cc(C)on2)CC1. The van der Waals surface area contributed by atoms with Gasteiger partial charge in [0.2, 0.25) is 0 Å². The van der Waals surface area contributed by atoms with Gasteiger partial charge in [-0.05, 0) is 26.0 Å². The fourth-order valence-electron chi connectivity index (χ4n) is 3.36. The van der Waals surface area contributed by atoms with Crippen LogP contribution in [0.2, 0.25) is 0 Å². The highest BCUT2D eigenvalue weighted by molar-refractivity contribution is 5.96. The van der Waals surface area contributed by atoms with Gasteiger partial charge in [0.25, 0.3) is 5.91 Å². The predicted molar refractivity (Wildman–Crippen MR) is 115 cm³/mol. The number of phenols is 1. The number of benzene rings is 1. The zero-order valence-electron chi connectivity index (χ0n) is 17.6. The van der Waals surface area contributed by atoms with Crippen LogP contribution in [-0.4, -0.2) is 77.7 Å². The Bertz CT molecular complexity index is 858. The van der Waals surface area contributed by atoms with E-state index in [0.29, 0.717) is 13.1 Å². The number of aromatic nitrogens is 1. The van der Waals surface area contributed by atoms with Crippen LogP contribution in [0.3, 0.4) is 0 Å². The first-order valence-electron chi connectivity index (χ1n) is 10.3. The highest BCUT2D eigenvalue weighted by Gasteiger charge is 2.20. The molecule has 3 rings (SSSR count). The summed E-state index contributed by atoms with van der Waals surface area (Å²) in [7, 11) is 0. The molecule has 1 fully saturated rings. The van der Waals surface area contributed by atoms with Gasteiger partial charge in [-0.3, -0.25) is 14.7 Å². The van der Waals surface area contributed by atoms with Crippen molar-refractivity contribution in [3.63, 3.8) is 0 Å². The summed E-state index contributed by atoms with van der Waals surface area (Å²) in [5, 5.41) is 20.0. The molecule has 162 valence electrons. The van der Waals surface area contributed by atoms with E-state index in [9.17, 15) is 9.90 Å². The Morgan fingerprint density at radius 2 is 2.00 bits per heavy atom. The number of piperazine rings is 1. The second-order valence-corrected chi connectivity index (χ2v) is 7.20. The Morgan fingerprint density at radius 1 is 1.23 bits per heavy atom. The van der Waals surface area contributed by atoms with Crippen molar-refractivity contribution in [3.05, 3.63) is 47.3 Å². The molecule has 1 saturated heterocycles. The van der Waals surface area contributed by atoms with Gasteiger partial charge >= 0.3 is 0 Å². The zero-order valence-corrected chi connectivity index (χ0v) is 17.6. The average Bonchev–Trinajstić information content (AvgIpc) is 3.15. The molecule has 0 spiro atoms. The smallest absolute Gasteiger partial charge is 0.255 e. The first-order valence-corrected chi connectivity index (χ1v) is 10.3. The van der Waals surface area contributed by atoms with Crippen molar-refractivity contribution in [2.24, 2.45) is 4.99 Å². The third-order valence-electron chi connectivity index (χ3n) is 4.88. The monoisotopic (exact) mass is 414 g/mol. The maximum atomic E-state index is 12.2. The number of hydrogen-bond donors (Lipinski definition) is 3. The lowest BCUT2D eigenvalue weighted by Gasteiger charge is -2.36. The molecule has 0 unspecified atom stereocenters. The Kier molecular flexibility index (Phi) is 7.67. The highest BCUT2D eigenvalue weighted by atomic mass is 16.5. The topological polar surface area (TPSA) is 106 Å². The van der Waals surface area contributed by atoms with Crippen LogP contribution in [0.1, 0.15) is 28.7 Å². The summed E-state index contributed by atoms with van der Waals surface area (Å²) in [4.78, 5) is 21.4. The van der Waals surface area contributed by atoms with Gasteiger partial charge in [0.05, 0.1) is 17.8 Å². The van der Waals surface area contributed by atoms with Gasteiger partial charge in [0, 0.05) is 51.9 Å². The molecule has 9 nitrogen and oxygen atoms in total. The molecule has 1 aliphatic rings. The molecule has 1 amide bonds. The number of guanidine groups is 1. The summed E-state index contributed by atoms with van der Waals surface area (Å²) in [5.74, 6) is 1.36. The molecule has 1 aromatic carbocycles. The summed E-state index contributed by atoms with van der Waals surface area (Å²) in [6.07, 6.45) is 0. The third kappa shape index (κ3) is 5.96. The fraction of sp³-hybridized carbons (Fsp3) is 0.476. The molecule has 1 aliphatic heterocycles. The molecule has 9 heteroatoms. The van der Waals surface area contributed by atoms with Crippen LogP contribution >= 0.6 is 0 Å². The molecule has 3 N–H and O–H groups in total. The number of rotatable bonds is 7. The largest absolute Gasteiger partial charge is 0.507 e. The van der Waals surface area contributed by atoms with Gasteiger partial charge in [-0.15, -0.1) is 0 Å². The minimum Gasteiger partial charge on any atom is -0.507 e. The number of aromatic hydroxyl groups is 1. The lowest BCUT2D eigenvalue weighted by atomic mass is 10.2. The van der Waals surface area contributed by atoms with Crippen molar-refractivity contribution < 1.29 is 14.4 Å². The van der Waals surface area contributed by atoms with Crippen LogP contribution in [0.15, 0.2) is 39.8 Å². The Hall–Kier alpha value is -3.07. The lowest BCUT2D eigenvalue weighted by Crippen LogP contribution is -2.52. The second-order valence-electron chi connectivity index (χ2n) is 7.20. The summed E-state index contributed by atoms with van der Waals surface area (Å²) in [6.45, 7) is 9.93. The predicted octanol–water partition coefficient (Wildman–Crippen LogP) is 1.20. The number of nitrogens with zero attached hydrogens (tertiary/aromatic N) is 4. The number of amides is 1. The number of carbonyl (C=O) groups excluding carboxylic acids is 1. The maximum Gasteiger partial charge on any atom is 0.255 e. The van der Waals surface area contributed by atoms with Crippen molar-refractivity contribution in [1.29, 1.82) is 0 Å². The Labute approximate surface area is 176 Å². The summed E-state index contributed by atoms with van der Waals surface area (Å²) in [5.41, 5.74) is 1.23. The third-order valence-corrected chi connectivity index (χ3v) is 4.88. The minimum absolute atomic E-state index is 0.0227. The van der Waals surface area contributed by atoms with E-state index in [1.165, 1.54) is 6.07 Å².